The SMILES string of the molecule is O=C(CC12CC3CC(CC(C3)C1)C2)NCC(=O)NC1CCN(C(=O)c2ccncc2)CC1. The number of pyridine rings is 1. The zero-order chi connectivity index (χ0) is 22.1. The predicted octanol–water partition coefficient (Wildman–Crippen LogP) is 2.53. The lowest BCUT2D eigenvalue weighted by molar-refractivity contribution is -0.132. The van der Waals surface area contributed by atoms with Gasteiger partial charge in [-0.2, -0.15) is 0 Å². The molecule has 4 bridgehead atoms. The van der Waals surface area contributed by atoms with Crippen molar-refractivity contribution >= 4 is 17.7 Å². The van der Waals surface area contributed by atoms with Gasteiger partial charge >= 0.3 is 0 Å². The van der Waals surface area contributed by atoms with E-state index < -0.39 is 0 Å². The molecule has 1 aromatic heterocycles. The summed E-state index contributed by atoms with van der Waals surface area (Å²) in [5, 5.41) is 5.91. The maximum atomic E-state index is 12.6. The van der Waals surface area contributed by atoms with Crippen LogP contribution in [0.1, 0.15) is 68.1 Å². The normalized spacial score (nSPS) is 31.4. The summed E-state index contributed by atoms with van der Waals surface area (Å²) in [4.78, 5) is 43.3. The van der Waals surface area contributed by atoms with Crippen LogP contribution in [0.5, 0.6) is 0 Å². The van der Waals surface area contributed by atoms with Gasteiger partial charge in [-0.15, -0.1) is 0 Å². The smallest absolute Gasteiger partial charge is 0.253 e. The third-order valence-corrected chi connectivity index (χ3v) is 8.22. The van der Waals surface area contributed by atoms with Crippen molar-refractivity contribution < 1.29 is 14.4 Å². The molecule has 5 fully saturated rings. The second kappa shape index (κ2) is 8.83. The lowest BCUT2D eigenvalue weighted by Crippen LogP contribution is -2.50. The van der Waals surface area contributed by atoms with Crippen LogP contribution >= 0.6 is 0 Å². The molecule has 7 nitrogen and oxygen atoms in total. The molecule has 1 aliphatic heterocycles. The van der Waals surface area contributed by atoms with Crippen LogP contribution in [0, 0.1) is 23.2 Å². The fourth-order valence-electron chi connectivity index (χ4n) is 7.27. The van der Waals surface area contributed by atoms with Crippen LogP contribution in [0.2, 0.25) is 0 Å². The third-order valence-electron chi connectivity index (χ3n) is 8.22. The Labute approximate surface area is 189 Å². The first-order chi connectivity index (χ1) is 15.5. The molecule has 7 heteroatoms. The molecule has 4 saturated carbocycles. The highest BCUT2D eigenvalue weighted by atomic mass is 16.2. The van der Waals surface area contributed by atoms with Gasteiger partial charge in [-0.25, -0.2) is 0 Å². The Bertz CT molecular complexity index is 828. The number of carbonyl (C=O) groups excluding carboxylic acids is 3. The molecule has 172 valence electrons. The molecule has 1 aromatic rings. The zero-order valence-corrected chi connectivity index (χ0v) is 18.7. The Balaban J connectivity index is 1.03. The minimum absolute atomic E-state index is 0.00844. The molecule has 32 heavy (non-hydrogen) atoms. The quantitative estimate of drug-likeness (QED) is 0.714. The molecule has 0 aromatic carbocycles. The summed E-state index contributed by atoms with van der Waals surface area (Å²) in [6, 6.07) is 3.49. The average Bonchev–Trinajstić information content (AvgIpc) is 2.77. The predicted molar refractivity (Wildman–Crippen MR) is 120 cm³/mol. The van der Waals surface area contributed by atoms with Gasteiger partial charge in [-0.3, -0.25) is 19.4 Å². The zero-order valence-electron chi connectivity index (χ0n) is 18.7. The third kappa shape index (κ3) is 4.66. The summed E-state index contributed by atoms with van der Waals surface area (Å²) in [7, 11) is 0. The van der Waals surface area contributed by atoms with Crippen LogP contribution < -0.4 is 10.6 Å². The number of carbonyl (C=O) groups is 3. The topological polar surface area (TPSA) is 91.4 Å². The van der Waals surface area contributed by atoms with Gasteiger partial charge in [0.1, 0.15) is 0 Å². The number of nitrogens with one attached hydrogen (secondary N) is 2. The Morgan fingerprint density at radius 1 is 0.938 bits per heavy atom. The number of hydrogen-bond acceptors (Lipinski definition) is 4. The summed E-state index contributed by atoms with van der Waals surface area (Å²) < 4.78 is 0. The van der Waals surface area contributed by atoms with Crippen molar-refractivity contribution in [1.29, 1.82) is 0 Å². The summed E-state index contributed by atoms with van der Waals surface area (Å²) in [5.74, 6) is 2.38. The van der Waals surface area contributed by atoms with Gasteiger partial charge in [0.05, 0.1) is 6.54 Å². The van der Waals surface area contributed by atoms with Crippen LogP contribution in [0.4, 0.5) is 0 Å². The van der Waals surface area contributed by atoms with Crippen LogP contribution in [0.25, 0.3) is 0 Å². The summed E-state index contributed by atoms with van der Waals surface area (Å²) in [6.07, 6.45) is 13.0. The van der Waals surface area contributed by atoms with Gasteiger partial charge in [0.15, 0.2) is 0 Å². The molecule has 6 rings (SSSR count). The monoisotopic (exact) mass is 438 g/mol. The second-order valence-corrected chi connectivity index (χ2v) is 10.7. The van der Waals surface area contributed by atoms with Crippen molar-refractivity contribution in [3.05, 3.63) is 30.1 Å². The number of aromatic nitrogens is 1. The molecule has 5 aliphatic rings. The molecule has 0 radical (unpaired) electrons. The first kappa shape index (κ1) is 21.4. The lowest BCUT2D eigenvalue weighted by Gasteiger charge is -2.56. The van der Waals surface area contributed by atoms with E-state index in [-0.39, 0.29) is 35.7 Å². The fourth-order valence-corrected chi connectivity index (χ4v) is 7.27. The van der Waals surface area contributed by atoms with E-state index in [1.165, 1.54) is 38.5 Å². The van der Waals surface area contributed by atoms with Gasteiger partial charge in [-0.1, -0.05) is 0 Å². The van der Waals surface area contributed by atoms with Crippen LogP contribution in [-0.4, -0.2) is 53.3 Å². The van der Waals surface area contributed by atoms with Gasteiger partial charge in [-0.05, 0) is 86.7 Å². The highest BCUT2D eigenvalue weighted by Crippen LogP contribution is 2.61. The molecule has 0 unspecified atom stereocenters. The molecule has 4 aliphatic carbocycles. The minimum Gasteiger partial charge on any atom is -0.352 e. The van der Waals surface area contributed by atoms with E-state index in [0.29, 0.717) is 25.1 Å². The highest BCUT2D eigenvalue weighted by Gasteiger charge is 2.51. The Hall–Kier alpha value is -2.44. The second-order valence-electron chi connectivity index (χ2n) is 10.7. The molecular formula is C25H34N4O3. The minimum atomic E-state index is -0.136. The van der Waals surface area contributed by atoms with Gasteiger partial charge in [0.2, 0.25) is 11.8 Å². The van der Waals surface area contributed by atoms with Crippen LogP contribution in [0.15, 0.2) is 24.5 Å². The number of amides is 3. The fraction of sp³-hybridized carbons (Fsp3) is 0.680. The lowest BCUT2D eigenvalue weighted by atomic mass is 9.49. The Morgan fingerprint density at radius 2 is 1.53 bits per heavy atom. The highest BCUT2D eigenvalue weighted by molar-refractivity contribution is 5.94. The largest absolute Gasteiger partial charge is 0.352 e. The van der Waals surface area contributed by atoms with Gasteiger partial charge < -0.3 is 15.5 Å². The Kier molecular flexibility index (Phi) is 5.91. The number of piperidine rings is 1. The van der Waals surface area contributed by atoms with E-state index in [1.54, 1.807) is 24.5 Å². The molecule has 3 amide bonds. The van der Waals surface area contributed by atoms with E-state index >= 15 is 0 Å². The molecule has 2 N–H and O–H groups in total. The van der Waals surface area contributed by atoms with Gasteiger partial charge in [0, 0.05) is 43.5 Å². The van der Waals surface area contributed by atoms with Crippen molar-refractivity contribution in [1.82, 2.24) is 20.5 Å². The van der Waals surface area contributed by atoms with Crippen molar-refractivity contribution in [2.45, 2.75) is 63.8 Å². The molecular weight excluding hydrogens is 404 g/mol. The van der Waals surface area contributed by atoms with E-state index in [2.05, 4.69) is 15.6 Å². The Morgan fingerprint density at radius 3 is 2.12 bits per heavy atom. The summed E-state index contributed by atoms with van der Waals surface area (Å²) in [6.45, 7) is 1.27. The van der Waals surface area contributed by atoms with Crippen LogP contribution in [-0.2, 0) is 9.59 Å². The maximum Gasteiger partial charge on any atom is 0.253 e. The summed E-state index contributed by atoms with van der Waals surface area (Å²) >= 11 is 0. The van der Waals surface area contributed by atoms with E-state index in [9.17, 15) is 14.4 Å². The van der Waals surface area contributed by atoms with Crippen LogP contribution in [0.3, 0.4) is 0 Å². The molecule has 1 saturated heterocycles. The van der Waals surface area contributed by atoms with Gasteiger partial charge in [0.25, 0.3) is 5.91 Å². The number of rotatable bonds is 6. The van der Waals surface area contributed by atoms with E-state index in [4.69, 9.17) is 0 Å². The molecule has 0 atom stereocenters. The average molecular weight is 439 g/mol. The van der Waals surface area contributed by atoms with Crippen molar-refractivity contribution in [2.75, 3.05) is 19.6 Å². The molecule has 2 heterocycles. The standard InChI is InChI=1S/C25H34N4O3/c30-22(15-25-12-17-9-18(13-25)11-19(10-17)14-25)27-16-23(31)28-21-3-7-29(8-4-21)24(32)20-1-5-26-6-2-20/h1-2,5-6,17-19,21H,3-4,7-16H2,(H,27,30)(H,28,31). The molecule has 0 spiro atoms. The van der Waals surface area contributed by atoms with Crippen molar-refractivity contribution in [3.63, 3.8) is 0 Å². The first-order valence-electron chi connectivity index (χ1n) is 12.2. The van der Waals surface area contributed by atoms with Crippen molar-refractivity contribution in [3.8, 4) is 0 Å². The summed E-state index contributed by atoms with van der Waals surface area (Å²) in [5.41, 5.74) is 0.841. The van der Waals surface area contributed by atoms with E-state index in [1.807, 2.05) is 4.90 Å². The number of likely N-dealkylation sites (tertiary alicyclic amines) is 1. The first-order valence-corrected chi connectivity index (χ1v) is 12.2. The van der Waals surface area contributed by atoms with E-state index in [0.717, 1.165) is 30.6 Å². The number of hydrogen-bond donors (Lipinski definition) is 2. The number of nitrogens with zero attached hydrogens (tertiary/aromatic N) is 2. The van der Waals surface area contributed by atoms with Crippen molar-refractivity contribution in [2.24, 2.45) is 23.2 Å². The maximum absolute atomic E-state index is 12.6.